The minimum Gasteiger partial charge on any atom is -0.380 e. The molecule has 0 atom stereocenters. The van der Waals surface area contributed by atoms with Crippen molar-refractivity contribution in [1.29, 1.82) is 0 Å². The molecule has 0 aliphatic rings. The Morgan fingerprint density at radius 2 is 2.20 bits per heavy atom. The van der Waals surface area contributed by atoms with E-state index in [1.54, 1.807) is 6.07 Å². The lowest BCUT2D eigenvalue weighted by Gasteiger charge is -2.09. The summed E-state index contributed by atoms with van der Waals surface area (Å²) in [4.78, 5) is 16.1. The molecule has 1 heterocycles. The Bertz CT molecular complexity index is 427. The molecule has 1 amide bonds. The summed E-state index contributed by atoms with van der Waals surface area (Å²) in [6, 6.07) is 1.65. The van der Waals surface area contributed by atoms with Gasteiger partial charge in [-0.2, -0.15) is 0 Å². The summed E-state index contributed by atoms with van der Waals surface area (Å²) in [6.45, 7) is 6.52. The molecule has 0 saturated carbocycles. The van der Waals surface area contributed by atoms with E-state index in [0.29, 0.717) is 29.6 Å². The zero-order valence-electron chi connectivity index (χ0n) is 12.0. The third-order valence-corrected chi connectivity index (χ3v) is 2.93. The second-order valence-corrected chi connectivity index (χ2v) is 4.71. The van der Waals surface area contributed by atoms with E-state index in [9.17, 15) is 4.79 Å². The van der Waals surface area contributed by atoms with Gasteiger partial charge in [0, 0.05) is 25.9 Å². The molecule has 0 radical (unpaired) electrons. The molecule has 1 aromatic rings. The Morgan fingerprint density at radius 1 is 1.40 bits per heavy atom. The van der Waals surface area contributed by atoms with Crippen LogP contribution in [0.5, 0.6) is 0 Å². The van der Waals surface area contributed by atoms with Gasteiger partial charge >= 0.3 is 0 Å². The number of amides is 1. The summed E-state index contributed by atoms with van der Waals surface area (Å²) < 4.78 is 5.38. The smallest absolute Gasteiger partial charge is 0.253 e. The molecule has 6 heteroatoms. The van der Waals surface area contributed by atoms with Crippen LogP contribution in [-0.2, 0) is 4.74 Å². The number of nitrogens with one attached hydrogen (secondary N) is 2. The van der Waals surface area contributed by atoms with Crippen molar-refractivity contribution in [2.45, 2.75) is 26.7 Å². The van der Waals surface area contributed by atoms with Gasteiger partial charge < -0.3 is 15.4 Å². The van der Waals surface area contributed by atoms with E-state index in [2.05, 4.69) is 22.5 Å². The quantitative estimate of drug-likeness (QED) is 0.688. The molecule has 0 bridgehead atoms. The molecule has 2 N–H and O–H groups in total. The summed E-state index contributed by atoms with van der Waals surface area (Å²) in [5.74, 6) is 0.428. The number of hydrogen-bond donors (Lipinski definition) is 2. The molecule has 20 heavy (non-hydrogen) atoms. The number of carbonyl (C=O) groups excluding carboxylic acids is 1. The first-order chi connectivity index (χ1) is 9.69. The van der Waals surface area contributed by atoms with Crippen LogP contribution in [0.2, 0.25) is 5.02 Å². The molecular formula is C14H22ClN3O2. The van der Waals surface area contributed by atoms with Gasteiger partial charge in [0.15, 0.2) is 0 Å². The molecule has 0 aromatic carbocycles. The molecule has 5 nitrogen and oxygen atoms in total. The fourth-order valence-electron chi connectivity index (χ4n) is 1.57. The van der Waals surface area contributed by atoms with Crippen LogP contribution >= 0.6 is 11.6 Å². The molecule has 0 aliphatic carbocycles. The van der Waals surface area contributed by atoms with Crippen LogP contribution in [0.1, 0.15) is 37.0 Å². The lowest BCUT2D eigenvalue weighted by molar-refractivity contribution is 0.0913. The Balaban J connectivity index is 2.44. The van der Waals surface area contributed by atoms with Gasteiger partial charge in [-0.05, 0) is 19.4 Å². The molecule has 0 aliphatic heterocycles. The highest BCUT2D eigenvalue weighted by atomic mass is 35.5. The van der Waals surface area contributed by atoms with E-state index in [1.165, 1.54) is 6.20 Å². The maximum absolute atomic E-state index is 12.0. The molecule has 112 valence electrons. The topological polar surface area (TPSA) is 63.2 Å². The van der Waals surface area contributed by atoms with Crippen LogP contribution in [0.15, 0.2) is 12.3 Å². The lowest BCUT2D eigenvalue weighted by atomic mass is 10.2. The van der Waals surface area contributed by atoms with Gasteiger partial charge in [0.05, 0.1) is 17.2 Å². The summed E-state index contributed by atoms with van der Waals surface area (Å²) in [7, 11) is 0. The first-order valence-electron chi connectivity index (χ1n) is 6.94. The second kappa shape index (κ2) is 9.55. The van der Waals surface area contributed by atoms with E-state index in [0.717, 1.165) is 26.0 Å². The standard InChI is InChI=1S/C14H22ClN3O2/c1-3-5-7-20-8-6-17-14(19)11-9-13(16-4-2)18-10-12(11)15/h9-10H,3-8H2,1-2H3,(H,16,18)(H,17,19). The molecule has 0 unspecified atom stereocenters. The van der Waals surface area contributed by atoms with Gasteiger partial charge in [0.1, 0.15) is 5.82 Å². The van der Waals surface area contributed by atoms with Crippen molar-refractivity contribution >= 4 is 23.3 Å². The van der Waals surface area contributed by atoms with Crippen LogP contribution in [0.4, 0.5) is 5.82 Å². The number of pyridine rings is 1. The Labute approximate surface area is 125 Å². The van der Waals surface area contributed by atoms with Crippen LogP contribution < -0.4 is 10.6 Å². The molecule has 1 aromatic heterocycles. The molecule has 1 rings (SSSR count). The zero-order valence-corrected chi connectivity index (χ0v) is 12.8. The summed E-state index contributed by atoms with van der Waals surface area (Å²) in [6.07, 6.45) is 3.62. The van der Waals surface area contributed by atoms with E-state index < -0.39 is 0 Å². The minimum atomic E-state index is -0.212. The van der Waals surface area contributed by atoms with Gasteiger partial charge in [0.2, 0.25) is 0 Å². The normalized spacial score (nSPS) is 10.3. The zero-order chi connectivity index (χ0) is 14.8. The fourth-order valence-corrected chi connectivity index (χ4v) is 1.76. The third kappa shape index (κ3) is 5.75. The van der Waals surface area contributed by atoms with E-state index in [-0.39, 0.29) is 5.91 Å². The predicted octanol–water partition coefficient (Wildman–Crippen LogP) is 2.71. The number of hydrogen-bond acceptors (Lipinski definition) is 4. The minimum absolute atomic E-state index is 0.212. The number of ether oxygens (including phenoxy) is 1. The lowest BCUT2D eigenvalue weighted by Crippen LogP contribution is -2.27. The van der Waals surface area contributed by atoms with Crippen molar-refractivity contribution in [3.8, 4) is 0 Å². The maximum Gasteiger partial charge on any atom is 0.253 e. The van der Waals surface area contributed by atoms with E-state index in [1.807, 2.05) is 6.92 Å². The Morgan fingerprint density at radius 3 is 2.90 bits per heavy atom. The van der Waals surface area contributed by atoms with Crippen molar-refractivity contribution < 1.29 is 9.53 Å². The monoisotopic (exact) mass is 299 g/mol. The highest BCUT2D eigenvalue weighted by molar-refractivity contribution is 6.33. The average molecular weight is 300 g/mol. The first-order valence-corrected chi connectivity index (χ1v) is 7.32. The van der Waals surface area contributed by atoms with Gasteiger partial charge in [-0.3, -0.25) is 4.79 Å². The van der Waals surface area contributed by atoms with Crippen molar-refractivity contribution in [1.82, 2.24) is 10.3 Å². The predicted molar refractivity (Wildman–Crippen MR) is 81.5 cm³/mol. The van der Waals surface area contributed by atoms with Crippen LogP contribution in [0.25, 0.3) is 0 Å². The fraction of sp³-hybridized carbons (Fsp3) is 0.571. The van der Waals surface area contributed by atoms with Crippen LogP contribution in [0.3, 0.4) is 0 Å². The average Bonchev–Trinajstić information content (AvgIpc) is 2.45. The number of halogens is 1. The highest BCUT2D eigenvalue weighted by Crippen LogP contribution is 2.17. The third-order valence-electron chi connectivity index (χ3n) is 2.63. The molecule has 0 saturated heterocycles. The number of aromatic nitrogens is 1. The van der Waals surface area contributed by atoms with Gasteiger partial charge in [-0.1, -0.05) is 24.9 Å². The summed E-state index contributed by atoms with van der Waals surface area (Å²) >= 11 is 5.99. The van der Waals surface area contributed by atoms with Crippen molar-refractivity contribution in [3.05, 3.63) is 22.8 Å². The van der Waals surface area contributed by atoms with Gasteiger partial charge in [-0.15, -0.1) is 0 Å². The SMILES string of the molecule is CCCCOCCNC(=O)c1cc(NCC)ncc1Cl. The second-order valence-electron chi connectivity index (χ2n) is 4.30. The summed E-state index contributed by atoms with van der Waals surface area (Å²) in [5.41, 5.74) is 0.422. The highest BCUT2D eigenvalue weighted by Gasteiger charge is 2.11. The van der Waals surface area contributed by atoms with Crippen molar-refractivity contribution in [2.75, 3.05) is 31.6 Å². The number of anilines is 1. The van der Waals surface area contributed by atoms with Crippen molar-refractivity contribution in [3.63, 3.8) is 0 Å². The Kier molecular flexibility index (Phi) is 7.99. The number of carbonyl (C=O) groups is 1. The number of rotatable bonds is 9. The largest absolute Gasteiger partial charge is 0.380 e. The van der Waals surface area contributed by atoms with Crippen LogP contribution in [0, 0.1) is 0 Å². The maximum atomic E-state index is 12.0. The molecular weight excluding hydrogens is 278 g/mol. The van der Waals surface area contributed by atoms with Crippen LogP contribution in [-0.4, -0.2) is 37.2 Å². The van der Waals surface area contributed by atoms with E-state index >= 15 is 0 Å². The van der Waals surface area contributed by atoms with Gasteiger partial charge in [0.25, 0.3) is 5.91 Å². The van der Waals surface area contributed by atoms with Crippen molar-refractivity contribution in [2.24, 2.45) is 0 Å². The number of unbranched alkanes of at least 4 members (excludes halogenated alkanes) is 1. The first kappa shape index (κ1) is 16.7. The molecule has 0 fully saturated rings. The number of nitrogens with zero attached hydrogens (tertiary/aromatic N) is 1. The summed E-state index contributed by atoms with van der Waals surface area (Å²) in [5, 5.41) is 6.17. The van der Waals surface area contributed by atoms with Gasteiger partial charge in [-0.25, -0.2) is 4.98 Å². The van der Waals surface area contributed by atoms with E-state index in [4.69, 9.17) is 16.3 Å². The Hall–Kier alpha value is -1.33. The molecule has 0 spiro atoms.